The van der Waals surface area contributed by atoms with Crippen molar-refractivity contribution < 1.29 is 0 Å². The number of hydrogen-bond acceptors (Lipinski definition) is 6. The van der Waals surface area contributed by atoms with Gasteiger partial charge >= 0.3 is 0 Å². The molecule has 1 aliphatic heterocycles. The Labute approximate surface area is 140 Å². The van der Waals surface area contributed by atoms with E-state index in [4.69, 9.17) is 0 Å². The summed E-state index contributed by atoms with van der Waals surface area (Å²) in [5.41, 5.74) is 3.11. The van der Waals surface area contributed by atoms with E-state index in [2.05, 4.69) is 30.2 Å². The van der Waals surface area contributed by atoms with Crippen LogP contribution < -0.4 is 15.8 Å². The molecule has 1 atom stereocenters. The topological polar surface area (TPSA) is 86.8 Å². The van der Waals surface area contributed by atoms with Crippen LogP contribution in [0.25, 0.3) is 0 Å². The highest BCUT2D eigenvalue weighted by Gasteiger charge is 2.24. The quantitative estimate of drug-likeness (QED) is 0.887. The molecule has 0 bridgehead atoms. The Morgan fingerprint density at radius 1 is 1.29 bits per heavy atom. The van der Waals surface area contributed by atoms with Gasteiger partial charge in [0.1, 0.15) is 12.1 Å². The molecule has 0 spiro atoms. The van der Waals surface area contributed by atoms with Crippen LogP contribution in [0.5, 0.6) is 0 Å². The van der Waals surface area contributed by atoms with Crippen molar-refractivity contribution in [2.24, 2.45) is 0 Å². The SMILES string of the molecule is Cc1cc(=O)[nH]c(N2CCCC(Nc3ncnc4c3CCC4)C2)n1. The van der Waals surface area contributed by atoms with Gasteiger partial charge in [0.15, 0.2) is 0 Å². The van der Waals surface area contributed by atoms with Gasteiger partial charge in [0, 0.05) is 42.1 Å². The third-order valence-electron chi connectivity index (χ3n) is 4.79. The summed E-state index contributed by atoms with van der Waals surface area (Å²) in [5.74, 6) is 1.65. The molecule has 7 heteroatoms. The lowest BCUT2D eigenvalue weighted by Gasteiger charge is -2.34. The van der Waals surface area contributed by atoms with Gasteiger partial charge in [0.05, 0.1) is 0 Å². The molecule has 7 nitrogen and oxygen atoms in total. The highest BCUT2D eigenvalue weighted by atomic mass is 16.1. The number of aromatic amines is 1. The molecule has 2 N–H and O–H groups in total. The van der Waals surface area contributed by atoms with E-state index in [-0.39, 0.29) is 5.56 Å². The second kappa shape index (κ2) is 6.22. The number of nitrogens with one attached hydrogen (secondary N) is 2. The van der Waals surface area contributed by atoms with Crippen LogP contribution in [0.15, 0.2) is 17.2 Å². The van der Waals surface area contributed by atoms with Crippen LogP contribution in [0, 0.1) is 6.92 Å². The predicted molar refractivity (Wildman–Crippen MR) is 92.5 cm³/mol. The molecular weight excluding hydrogens is 304 g/mol. The fourth-order valence-electron chi connectivity index (χ4n) is 3.68. The summed E-state index contributed by atoms with van der Waals surface area (Å²) >= 11 is 0. The molecular formula is C17H22N6O. The van der Waals surface area contributed by atoms with Gasteiger partial charge < -0.3 is 10.2 Å². The molecule has 2 aliphatic rings. The van der Waals surface area contributed by atoms with E-state index < -0.39 is 0 Å². The molecule has 3 heterocycles. The Kier molecular flexibility index (Phi) is 3.92. The highest BCUT2D eigenvalue weighted by Crippen LogP contribution is 2.27. The van der Waals surface area contributed by atoms with Crippen molar-refractivity contribution in [2.45, 2.75) is 45.1 Å². The first-order chi connectivity index (χ1) is 11.7. The molecule has 2 aromatic rings. The normalized spacial score (nSPS) is 20.0. The largest absolute Gasteiger partial charge is 0.365 e. The van der Waals surface area contributed by atoms with Crippen molar-refractivity contribution in [3.8, 4) is 0 Å². The first kappa shape index (κ1) is 15.1. The van der Waals surface area contributed by atoms with Gasteiger partial charge in [-0.1, -0.05) is 0 Å². The fraction of sp³-hybridized carbons (Fsp3) is 0.529. The van der Waals surface area contributed by atoms with Gasteiger partial charge in [-0.25, -0.2) is 15.0 Å². The maximum Gasteiger partial charge on any atom is 0.252 e. The van der Waals surface area contributed by atoms with E-state index >= 15 is 0 Å². The summed E-state index contributed by atoms with van der Waals surface area (Å²) in [6, 6.07) is 1.82. The summed E-state index contributed by atoms with van der Waals surface area (Å²) in [4.78, 5) is 30.0. The number of H-pyrrole nitrogens is 1. The van der Waals surface area contributed by atoms with Crippen LogP contribution in [0.2, 0.25) is 0 Å². The average molecular weight is 326 g/mol. The second-order valence-electron chi connectivity index (χ2n) is 6.64. The van der Waals surface area contributed by atoms with E-state index in [9.17, 15) is 4.79 Å². The molecule has 126 valence electrons. The van der Waals surface area contributed by atoms with Crippen LogP contribution in [0.1, 0.15) is 36.2 Å². The van der Waals surface area contributed by atoms with Gasteiger partial charge in [-0.05, 0) is 39.0 Å². The zero-order valence-electron chi connectivity index (χ0n) is 13.9. The van der Waals surface area contributed by atoms with Gasteiger partial charge in [-0.3, -0.25) is 9.78 Å². The third kappa shape index (κ3) is 2.98. The van der Waals surface area contributed by atoms with Crippen molar-refractivity contribution in [3.63, 3.8) is 0 Å². The molecule has 2 aromatic heterocycles. The minimum absolute atomic E-state index is 0.0961. The summed E-state index contributed by atoms with van der Waals surface area (Å²) in [7, 11) is 0. The molecule has 1 aliphatic carbocycles. The molecule has 4 rings (SSSR count). The predicted octanol–water partition coefficient (Wildman–Crippen LogP) is 1.44. The molecule has 1 unspecified atom stereocenters. The third-order valence-corrected chi connectivity index (χ3v) is 4.79. The van der Waals surface area contributed by atoms with Crippen molar-refractivity contribution in [2.75, 3.05) is 23.3 Å². The smallest absolute Gasteiger partial charge is 0.252 e. The standard InChI is InChI=1S/C17H22N6O/c1-11-8-15(24)22-17(20-11)23-7-3-4-12(9-23)21-16-13-5-2-6-14(13)18-10-19-16/h8,10,12H,2-7,9H2,1H3,(H,18,19,21)(H,20,22,24). The Morgan fingerprint density at radius 3 is 3.08 bits per heavy atom. The lowest BCUT2D eigenvalue weighted by Crippen LogP contribution is -2.43. The Hall–Kier alpha value is -2.44. The van der Waals surface area contributed by atoms with Crippen LogP contribution in [0.4, 0.5) is 11.8 Å². The number of piperidine rings is 1. The Bertz CT molecular complexity index is 802. The lowest BCUT2D eigenvalue weighted by atomic mass is 10.1. The van der Waals surface area contributed by atoms with Crippen LogP contribution in [-0.4, -0.2) is 39.1 Å². The zero-order valence-corrected chi connectivity index (χ0v) is 13.9. The summed E-state index contributed by atoms with van der Waals surface area (Å²) in [5, 5.41) is 3.60. The molecule has 1 fully saturated rings. The molecule has 0 aromatic carbocycles. The zero-order chi connectivity index (χ0) is 16.5. The minimum atomic E-state index is -0.0961. The minimum Gasteiger partial charge on any atom is -0.365 e. The maximum absolute atomic E-state index is 11.7. The molecule has 1 saturated heterocycles. The Morgan fingerprint density at radius 2 is 2.21 bits per heavy atom. The second-order valence-corrected chi connectivity index (χ2v) is 6.64. The highest BCUT2D eigenvalue weighted by molar-refractivity contribution is 5.49. The monoisotopic (exact) mass is 326 g/mol. The summed E-state index contributed by atoms with van der Waals surface area (Å²) in [6.45, 7) is 3.57. The number of rotatable bonds is 3. The van der Waals surface area contributed by atoms with E-state index in [1.54, 1.807) is 6.33 Å². The van der Waals surface area contributed by atoms with Crippen molar-refractivity contribution in [1.82, 2.24) is 19.9 Å². The van der Waals surface area contributed by atoms with Crippen LogP contribution in [-0.2, 0) is 12.8 Å². The number of nitrogens with zero attached hydrogens (tertiary/aromatic N) is 4. The number of anilines is 2. The van der Waals surface area contributed by atoms with Crippen molar-refractivity contribution in [1.29, 1.82) is 0 Å². The number of fused-ring (bicyclic) bond motifs is 1. The number of aryl methyl sites for hydroxylation is 2. The van der Waals surface area contributed by atoms with E-state index in [0.29, 0.717) is 12.0 Å². The van der Waals surface area contributed by atoms with Gasteiger partial charge in [-0.15, -0.1) is 0 Å². The molecule has 24 heavy (non-hydrogen) atoms. The number of aromatic nitrogens is 4. The van der Waals surface area contributed by atoms with Gasteiger partial charge in [0.2, 0.25) is 5.95 Å². The molecule has 0 amide bonds. The van der Waals surface area contributed by atoms with Gasteiger partial charge in [-0.2, -0.15) is 0 Å². The summed E-state index contributed by atoms with van der Waals surface area (Å²) in [6.07, 6.45) is 7.08. The van der Waals surface area contributed by atoms with E-state index in [0.717, 1.165) is 56.7 Å². The fourth-order valence-corrected chi connectivity index (χ4v) is 3.68. The maximum atomic E-state index is 11.7. The molecule has 0 saturated carbocycles. The Balaban J connectivity index is 1.51. The summed E-state index contributed by atoms with van der Waals surface area (Å²) < 4.78 is 0. The lowest BCUT2D eigenvalue weighted by molar-refractivity contribution is 0.520. The van der Waals surface area contributed by atoms with E-state index in [1.807, 2.05) is 6.92 Å². The van der Waals surface area contributed by atoms with Crippen molar-refractivity contribution in [3.05, 3.63) is 39.7 Å². The average Bonchev–Trinajstić information content (AvgIpc) is 3.04. The first-order valence-corrected chi connectivity index (χ1v) is 8.61. The van der Waals surface area contributed by atoms with Crippen LogP contribution >= 0.6 is 0 Å². The van der Waals surface area contributed by atoms with Gasteiger partial charge in [0.25, 0.3) is 5.56 Å². The first-order valence-electron chi connectivity index (χ1n) is 8.61. The number of hydrogen-bond donors (Lipinski definition) is 2. The van der Waals surface area contributed by atoms with Crippen LogP contribution in [0.3, 0.4) is 0 Å². The van der Waals surface area contributed by atoms with Crippen molar-refractivity contribution >= 4 is 11.8 Å². The molecule has 0 radical (unpaired) electrons. The van der Waals surface area contributed by atoms with E-state index in [1.165, 1.54) is 17.3 Å².